The summed E-state index contributed by atoms with van der Waals surface area (Å²) in [4.78, 5) is 24.8. The molecule has 1 atom stereocenters. The van der Waals surface area contributed by atoms with Gasteiger partial charge in [0.1, 0.15) is 18.3 Å². The summed E-state index contributed by atoms with van der Waals surface area (Å²) >= 11 is 0. The third kappa shape index (κ3) is 3.61. The summed E-state index contributed by atoms with van der Waals surface area (Å²) in [5.74, 6) is -1.14. The van der Waals surface area contributed by atoms with Crippen molar-refractivity contribution in [3.8, 4) is 0 Å². The number of carbonyl (C=O) groups is 2. The number of likely N-dealkylation sites (tertiary alicyclic amines) is 1. The highest BCUT2D eigenvalue weighted by atomic mass is 19.4. The number of aromatic nitrogens is 1. The molecule has 1 saturated heterocycles. The van der Waals surface area contributed by atoms with Gasteiger partial charge in [-0.2, -0.15) is 13.2 Å². The minimum Gasteiger partial charge on any atom is -0.341 e. The second-order valence-electron chi connectivity index (χ2n) is 5.58. The molecule has 2 heterocycles. The molecule has 2 rings (SSSR count). The van der Waals surface area contributed by atoms with Crippen LogP contribution in [0.2, 0.25) is 0 Å². The SMILES string of the molecule is CC(C)n1cccc1C(=O)NC1CCN(CC(F)(F)F)C1=O. The van der Waals surface area contributed by atoms with E-state index in [1.54, 1.807) is 22.9 Å². The lowest BCUT2D eigenvalue weighted by atomic mass is 10.2. The largest absolute Gasteiger partial charge is 0.406 e. The van der Waals surface area contributed by atoms with E-state index in [0.29, 0.717) is 5.69 Å². The van der Waals surface area contributed by atoms with Gasteiger partial charge in [-0.15, -0.1) is 0 Å². The number of halogens is 3. The van der Waals surface area contributed by atoms with E-state index in [-0.39, 0.29) is 19.0 Å². The van der Waals surface area contributed by atoms with E-state index in [1.165, 1.54) is 0 Å². The van der Waals surface area contributed by atoms with E-state index in [0.717, 1.165) is 4.90 Å². The molecule has 1 aliphatic rings. The maximum absolute atomic E-state index is 12.4. The monoisotopic (exact) mass is 317 g/mol. The van der Waals surface area contributed by atoms with Gasteiger partial charge in [0, 0.05) is 18.8 Å². The Hall–Kier alpha value is -1.99. The molecule has 1 fully saturated rings. The van der Waals surface area contributed by atoms with Crippen molar-refractivity contribution in [3.63, 3.8) is 0 Å². The average Bonchev–Trinajstić information content (AvgIpc) is 2.99. The second kappa shape index (κ2) is 6.02. The van der Waals surface area contributed by atoms with Gasteiger partial charge < -0.3 is 14.8 Å². The number of nitrogens with one attached hydrogen (secondary N) is 1. The Labute approximate surface area is 126 Å². The van der Waals surface area contributed by atoms with Crippen molar-refractivity contribution in [2.24, 2.45) is 0 Å². The molecule has 0 spiro atoms. The quantitative estimate of drug-likeness (QED) is 0.923. The lowest BCUT2D eigenvalue weighted by Gasteiger charge is -2.19. The molecule has 2 amide bonds. The van der Waals surface area contributed by atoms with Crippen LogP contribution in [-0.4, -0.2) is 46.6 Å². The lowest BCUT2D eigenvalue weighted by molar-refractivity contribution is -0.157. The molecular formula is C14H18F3N3O2. The van der Waals surface area contributed by atoms with Crippen LogP contribution in [0.5, 0.6) is 0 Å². The highest BCUT2D eigenvalue weighted by molar-refractivity contribution is 5.97. The van der Waals surface area contributed by atoms with Gasteiger partial charge in [0.15, 0.2) is 0 Å². The van der Waals surface area contributed by atoms with Crippen LogP contribution in [0.4, 0.5) is 13.2 Å². The van der Waals surface area contributed by atoms with Gasteiger partial charge >= 0.3 is 6.18 Å². The van der Waals surface area contributed by atoms with Gasteiger partial charge in [0.2, 0.25) is 5.91 Å². The van der Waals surface area contributed by atoms with E-state index in [1.807, 2.05) is 13.8 Å². The van der Waals surface area contributed by atoms with Gasteiger partial charge in [-0.05, 0) is 32.4 Å². The Kier molecular flexibility index (Phi) is 4.48. The molecule has 0 aliphatic carbocycles. The zero-order valence-electron chi connectivity index (χ0n) is 12.4. The number of rotatable bonds is 4. The molecule has 1 aromatic rings. The van der Waals surface area contributed by atoms with E-state index in [9.17, 15) is 22.8 Å². The molecule has 1 unspecified atom stereocenters. The van der Waals surface area contributed by atoms with Gasteiger partial charge in [-0.1, -0.05) is 0 Å². The van der Waals surface area contributed by atoms with Crippen molar-refractivity contribution < 1.29 is 22.8 Å². The minimum atomic E-state index is -4.43. The Morgan fingerprint density at radius 2 is 2.14 bits per heavy atom. The van der Waals surface area contributed by atoms with Crippen molar-refractivity contribution in [1.29, 1.82) is 0 Å². The summed E-state index contributed by atoms with van der Waals surface area (Å²) in [6.07, 6.45) is -2.50. The van der Waals surface area contributed by atoms with Crippen LogP contribution in [0, 0.1) is 0 Å². The van der Waals surface area contributed by atoms with Crippen LogP contribution < -0.4 is 5.32 Å². The van der Waals surface area contributed by atoms with Crippen LogP contribution >= 0.6 is 0 Å². The van der Waals surface area contributed by atoms with Crippen LogP contribution in [-0.2, 0) is 4.79 Å². The van der Waals surface area contributed by atoms with E-state index < -0.39 is 30.6 Å². The Balaban J connectivity index is 2.01. The maximum atomic E-state index is 12.4. The summed E-state index contributed by atoms with van der Waals surface area (Å²) in [7, 11) is 0. The van der Waals surface area contributed by atoms with E-state index in [2.05, 4.69) is 5.32 Å². The Bertz CT molecular complexity index is 566. The first-order valence-electron chi connectivity index (χ1n) is 7.02. The van der Waals surface area contributed by atoms with Crippen LogP contribution in [0.25, 0.3) is 0 Å². The average molecular weight is 317 g/mol. The van der Waals surface area contributed by atoms with Crippen LogP contribution in [0.15, 0.2) is 18.3 Å². The molecular weight excluding hydrogens is 299 g/mol. The molecule has 0 radical (unpaired) electrons. The van der Waals surface area contributed by atoms with E-state index >= 15 is 0 Å². The summed E-state index contributed by atoms with van der Waals surface area (Å²) in [5.41, 5.74) is 0.386. The topological polar surface area (TPSA) is 54.3 Å². The van der Waals surface area contributed by atoms with E-state index in [4.69, 9.17) is 0 Å². The zero-order chi connectivity index (χ0) is 16.5. The number of hydrogen-bond donors (Lipinski definition) is 1. The van der Waals surface area contributed by atoms with Crippen molar-refractivity contribution in [2.45, 2.75) is 38.5 Å². The second-order valence-corrected chi connectivity index (χ2v) is 5.58. The molecule has 0 saturated carbocycles. The first-order chi connectivity index (χ1) is 10.2. The van der Waals surface area contributed by atoms with Crippen molar-refractivity contribution in [3.05, 3.63) is 24.0 Å². The lowest BCUT2D eigenvalue weighted by Crippen LogP contribution is -2.44. The highest BCUT2D eigenvalue weighted by Crippen LogP contribution is 2.21. The van der Waals surface area contributed by atoms with Crippen molar-refractivity contribution in [2.75, 3.05) is 13.1 Å². The molecule has 5 nitrogen and oxygen atoms in total. The van der Waals surface area contributed by atoms with Gasteiger partial charge in [0.25, 0.3) is 5.91 Å². The zero-order valence-corrected chi connectivity index (χ0v) is 12.4. The molecule has 122 valence electrons. The minimum absolute atomic E-state index is 0.00547. The molecule has 8 heteroatoms. The summed E-state index contributed by atoms with van der Waals surface area (Å²) in [5, 5.41) is 2.52. The molecule has 1 aliphatic heterocycles. The van der Waals surface area contributed by atoms with Gasteiger partial charge in [-0.25, -0.2) is 0 Å². The van der Waals surface area contributed by atoms with Crippen LogP contribution in [0.1, 0.15) is 36.8 Å². The highest BCUT2D eigenvalue weighted by Gasteiger charge is 2.40. The molecule has 0 bridgehead atoms. The fourth-order valence-electron chi connectivity index (χ4n) is 2.51. The predicted octanol–water partition coefficient (Wildman–Crippen LogP) is 1.96. The maximum Gasteiger partial charge on any atom is 0.406 e. The van der Waals surface area contributed by atoms with Gasteiger partial charge in [-0.3, -0.25) is 9.59 Å². The standard InChI is InChI=1S/C14H18F3N3O2/c1-9(2)20-6-3-4-11(20)12(21)18-10-5-7-19(13(10)22)8-14(15,16)17/h3-4,6,9-10H,5,7-8H2,1-2H3,(H,18,21). The molecule has 1 aromatic heterocycles. The molecule has 0 aromatic carbocycles. The number of hydrogen-bond acceptors (Lipinski definition) is 2. The van der Waals surface area contributed by atoms with Gasteiger partial charge in [0.05, 0.1) is 0 Å². The van der Waals surface area contributed by atoms with Crippen LogP contribution in [0.3, 0.4) is 0 Å². The predicted molar refractivity (Wildman–Crippen MR) is 73.3 cm³/mol. The first-order valence-corrected chi connectivity index (χ1v) is 7.02. The Morgan fingerprint density at radius 1 is 1.45 bits per heavy atom. The summed E-state index contributed by atoms with van der Waals surface area (Å²) in [6, 6.07) is 2.49. The number of carbonyl (C=O) groups excluding carboxylic acids is 2. The molecule has 1 N–H and O–H groups in total. The van der Waals surface area contributed by atoms with Crippen molar-refractivity contribution >= 4 is 11.8 Å². The Morgan fingerprint density at radius 3 is 2.73 bits per heavy atom. The third-order valence-electron chi connectivity index (χ3n) is 3.54. The molecule has 22 heavy (non-hydrogen) atoms. The number of nitrogens with zero attached hydrogens (tertiary/aromatic N) is 2. The summed E-state index contributed by atoms with van der Waals surface area (Å²) in [6.45, 7) is 2.53. The first kappa shape index (κ1) is 16.4. The normalized spacial score (nSPS) is 19.1. The fourth-order valence-corrected chi connectivity index (χ4v) is 2.51. The number of alkyl halides is 3. The summed E-state index contributed by atoms with van der Waals surface area (Å²) < 4.78 is 38.8. The third-order valence-corrected chi connectivity index (χ3v) is 3.54. The number of amides is 2. The fraction of sp³-hybridized carbons (Fsp3) is 0.571. The van der Waals surface area contributed by atoms with Crippen molar-refractivity contribution in [1.82, 2.24) is 14.8 Å². The smallest absolute Gasteiger partial charge is 0.341 e.